The third-order valence-corrected chi connectivity index (χ3v) is 10.6. The van der Waals surface area contributed by atoms with Gasteiger partial charge in [0.2, 0.25) is 0 Å². The van der Waals surface area contributed by atoms with Crippen LogP contribution >= 0.6 is 0 Å². The van der Waals surface area contributed by atoms with E-state index in [0.29, 0.717) is 0 Å². The van der Waals surface area contributed by atoms with E-state index in [1.54, 1.807) is 0 Å². The zero-order valence-corrected chi connectivity index (χ0v) is 29.2. The highest BCUT2D eigenvalue weighted by Gasteiger charge is 2.16. The molecule has 0 bridgehead atoms. The van der Waals surface area contributed by atoms with Crippen LogP contribution in [0.2, 0.25) is 0 Å². The van der Waals surface area contributed by atoms with Crippen LogP contribution in [0.15, 0.2) is 212 Å². The zero-order chi connectivity index (χ0) is 35.1. The van der Waals surface area contributed by atoms with Crippen molar-refractivity contribution in [3.05, 3.63) is 212 Å². The van der Waals surface area contributed by atoms with Crippen molar-refractivity contribution < 1.29 is 0 Å². The highest BCUT2D eigenvalue weighted by atomic mass is 15.1. The summed E-state index contributed by atoms with van der Waals surface area (Å²) in [5.41, 5.74) is 10.5. The number of benzene rings is 10. The summed E-state index contributed by atoms with van der Waals surface area (Å²) in [6.45, 7) is 0. The number of hydrogen-bond acceptors (Lipinski definition) is 1. The molecular weight excluding hydrogens is 639 g/mol. The lowest BCUT2D eigenvalue weighted by Crippen LogP contribution is -2.10. The maximum Gasteiger partial charge on any atom is 0.0467 e. The molecule has 10 aromatic carbocycles. The van der Waals surface area contributed by atoms with Crippen molar-refractivity contribution in [2.24, 2.45) is 0 Å². The molecule has 0 atom stereocenters. The maximum atomic E-state index is 2.38. The number of anilines is 3. The lowest BCUT2D eigenvalue weighted by Gasteiger charge is -2.27. The van der Waals surface area contributed by atoms with E-state index in [-0.39, 0.29) is 0 Å². The average molecular weight is 674 g/mol. The predicted molar refractivity (Wildman–Crippen MR) is 227 cm³/mol. The second-order valence-corrected chi connectivity index (χ2v) is 13.8. The van der Waals surface area contributed by atoms with Crippen LogP contribution in [0.1, 0.15) is 0 Å². The predicted octanol–water partition coefficient (Wildman–Crippen LogP) is 14.8. The van der Waals surface area contributed by atoms with Gasteiger partial charge < -0.3 is 4.90 Å². The average Bonchev–Trinajstić information content (AvgIpc) is 3.24. The third kappa shape index (κ3) is 5.60. The van der Waals surface area contributed by atoms with Gasteiger partial charge in [0.05, 0.1) is 0 Å². The van der Waals surface area contributed by atoms with Crippen molar-refractivity contribution in [1.29, 1.82) is 0 Å². The first-order chi connectivity index (χ1) is 26.3. The molecule has 1 nitrogen and oxygen atoms in total. The molecule has 0 fully saturated rings. The second kappa shape index (κ2) is 13.0. The molecule has 53 heavy (non-hydrogen) atoms. The van der Waals surface area contributed by atoms with Gasteiger partial charge in [-0.3, -0.25) is 0 Å². The van der Waals surface area contributed by atoms with Gasteiger partial charge in [-0.25, -0.2) is 0 Å². The van der Waals surface area contributed by atoms with Crippen molar-refractivity contribution >= 4 is 60.2 Å². The van der Waals surface area contributed by atoms with Gasteiger partial charge in [0.15, 0.2) is 0 Å². The van der Waals surface area contributed by atoms with Crippen LogP contribution in [0.3, 0.4) is 0 Å². The molecule has 248 valence electrons. The molecule has 10 aromatic rings. The first-order valence-electron chi connectivity index (χ1n) is 18.3. The van der Waals surface area contributed by atoms with Crippen LogP contribution in [0.25, 0.3) is 76.5 Å². The van der Waals surface area contributed by atoms with Gasteiger partial charge in [-0.2, -0.15) is 0 Å². The SMILES string of the molecule is c1ccc(-c2cccc(N(c3ccc(-c4ccc5c(c4)c4ccccc4c4cc6ccccc6cc54)cc3)c3cccc(-c4ccccc4)c3)c2)cc1. The molecule has 0 saturated heterocycles. The quantitative estimate of drug-likeness (QED) is 0.125. The first-order valence-corrected chi connectivity index (χ1v) is 18.3. The van der Waals surface area contributed by atoms with Gasteiger partial charge in [0.1, 0.15) is 0 Å². The Morgan fingerprint density at radius 1 is 0.208 bits per heavy atom. The maximum absolute atomic E-state index is 2.38. The van der Waals surface area contributed by atoms with E-state index in [4.69, 9.17) is 0 Å². The summed E-state index contributed by atoms with van der Waals surface area (Å²) < 4.78 is 0. The van der Waals surface area contributed by atoms with E-state index in [0.717, 1.165) is 17.1 Å². The summed E-state index contributed by atoms with van der Waals surface area (Å²) in [6, 6.07) is 77.2. The number of rotatable bonds is 6. The Morgan fingerprint density at radius 2 is 0.604 bits per heavy atom. The largest absolute Gasteiger partial charge is 0.310 e. The third-order valence-electron chi connectivity index (χ3n) is 10.6. The minimum Gasteiger partial charge on any atom is -0.310 e. The Kier molecular flexibility index (Phi) is 7.55. The summed E-state index contributed by atoms with van der Waals surface area (Å²) >= 11 is 0. The van der Waals surface area contributed by atoms with E-state index in [2.05, 4.69) is 217 Å². The van der Waals surface area contributed by atoms with Crippen LogP contribution in [0, 0.1) is 0 Å². The standard InChI is InChI=1S/C52H35N/c1-3-13-36(14-4-1)39-19-11-21-45(31-39)53(46-22-12-20-40(32-46)37-15-5-2-6-16-37)44-28-25-38(26-29-44)43-27-30-49-50(35-43)47-23-9-10-24-48(47)51-33-41-17-7-8-18-42(41)34-52(49)51/h1-35H. The smallest absolute Gasteiger partial charge is 0.0467 e. The van der Waals surface area contributed by atoms with E-state index in [1.165, 1.54) is 76.5 Å². The molecule has 0 aliphatic rings. The van der Waals surface area contributed by atoms with Crippen LogP contribution in [-0.2, 0) is 0 Å². The van der Waals surface area contributed by atoms with E-state index in [9.17, 15) is 0 Å². The molecule has 0 N–H and O–H groups in total. The van der Waals surface area contributed by atoms with Crippen LogP contribution in [0.4, 0.5) is 17.1 Å². The molecule has 0 heterocycles. The Bertz CT molecular complexity index is 2840. The summed E-state index contributed by atoms with van der Waals surface area (Å²) in [4.78, 5) is 2.37. The molecule has 0 aliphatic heterocycles. The fraction of sp³-hybridized carbons (Fsp3) is 0. The van der Waals surface area contributed by atoms with Crippen molar-refractivity contribution in [3.8, 4) is 33.4 Å². The Balaban J connectivity index is 1.09. The topological polar surface area (TPSA) is 3.24 Å². The molecule has 1 heteroatoms. The lowest BCUT2D eigenvalue weighted by atomic mass is 9.90. The van der Waals surface area contributed by atoms with Gasteiger partial charge in [0, 0.05) is 17.1 Å². The molecule has 0 aliphatic carbocycles. The van der Waals surface area contributed by atoms with Gasteiger partial charge in [0.25, 0.3) is 0 Å². The molecular formula is C52H35N. The van der Waals surface area contributed by atoms with E-state index < -0.39 is 0 Å². The summed E-state index contributed by atoms with van der Waals surface area (Å²) in [7, 11) is 0. The molecule has 0 amide bonds. The molecule has 0 aromatic heterocycles. The van der Waals surface area contributed by atoms with Gasteiger partial charge in [-0.1, -0.05) is 158 Å². The zero-order valence-electron chi connectivity index (χ0n) is 29.2. The number of hydrogen-bond donors (Lipinski definition) is 0. The Labute approximate surface area is 309 Å². The minimum absolute atomic E-state index is 1.10. The van der Waals surface area contributed by atoms with E-state index >= 15 is 0 Å². The highest BCUT2D eigenvalue weighted by Crippen LogP contribution is 2.41. The number of nitrogens with zero attached hydrogens (tertiary/aromatic N) is 1. The van der Waals surface area contributed by atoms with Crippen LogP contribution in [-0.4, -0.2) is 0 Å². The van der Waals surface area contributed by atoms with Crippen LogP contribution in [0.5, 0.6) is 0 Å². The first kappa shape index (κ1) is 30.8. The fourth-order valence-electron chi connectivity index (χ4n) is 7.98. The van der Waals surface area contributed by atoms with Gasteiger partial charge >= 0.3 is 0 Å². The second-order valence-electron chi connectivity index (χ2n) is 13.8. The van der Waals surface area contributed by atoms with Crippen molar-refractivity contribution in [2.75, 3.05) is 4.90 Å². The summed E-state index contributed by atoms with van der Waals surface area (Å²) in [5.74, 6) is 0. The monoisotopic (exact) mass is 673 g/mol. The van der Waals surface area contributed by atoms with Crippen molar-refractivity contribution in [2.45, 2.75) is 0 Å². The molecule has 0 radical (unpaired) electrons. The van der Waals surface area contributed by atoms with Crippen molar-refractivity contribution in [1.82, 2.24) is 0 Å². The molecule has 0 unspecified atom stereocenters. The summed E-state index contributed by atoms with van der Waals surface area (Å²) in [6.07, 6.45) is 0. The highest BCUT2D eigenvalue weighted by molar-refractivity contribution is 6.27. The number of fused-ring (bicyclic) bond motifs is 7. The minimum atomic E-state index is 1.10. The lowest BCUT2D eigenvalue weighted by molar-refractivity contribution is 1.28. The normalized spacial score (nSPS) is 11.4. The van der Waals surface area contributed by atoms with E-state index in [1.807, 2.05) is 0 Å². The van der Waals surface area contributed by atoms with Gasteiger partial charge in [-0.15, -0.1) is 0 Å². The fourth-order valence-corrected chi connectivity index (χ4v) is 7.98. The Hall–Kier alpha value is -6.96. The molecule has 10 rings (SSSR count). The molecule has 0 spiro atoms. The van der Waals surface area contributed by atoms with Gasteiger partial charge in [-0.05, 0) is 131 Å². The Morgan fingerprint density at radius 3 is 1.15 bits per heavy atom. The van der Waals surface area contributed by atoms with Crippen molar-refractivity contribution in [3.63, 3.8) is 0 Å². The van der Waals surface area contributed by atoms with Crippen LogP contribution < -0.4 is 4.90 Å². The summed E-state index contributed by atoms with van der Waals surface area (Å²) in [5, 5.41) is 10.3. The molecule has 0 saturated carbocycles.